The number of ether oxygens (including phenoxy) is 1. The van der Waals surface area contributed by atoms with Crippen LogP contribution in [0.5, 0.6) is 5.75 Å². The zero-order valence-electron chi connectivity index (χ0n) is 9.93. The van der Waals surface area contributed by atoms with E-state index in [1.165, 1.54) is 6.20 Å². The fourth-order valence-electron chi connectivity index (χ4n) is 1.29. The third kappa shape index (κ3) is 3.31. The van der Waals surface area contributed by atoms with Gasteiger partial charge >= 0.3 is 0 Å². The van der Waals surface area contributed by atoms with Crippen molar-refractivity contribution in [1.29, 1.82) is 0 Å². The minimum atomic E-state index is -0.462. The second-order valence-electron chi connectivity index (χ2n) is 3.95. The average Bonchev–Trinajstić information content (AvgIpc) is 2.26. The first-order valence-corrected chi connectivity index (χ1v) is 5.46. The molecule has 0 aliphatic heterocycles. The molecule has 0 aliphatic rings. The smallest absolute Gasteiger partial charge is 0.181 e. The van der Waals surface area contributed by atoms with Crippen LogP contribution in [0, 0.1) is 0 Å². The summed E-state index contributed by atoms with van der Waals surface area (Å²) >= 11 is 0. The van der Waals surface area contributed by atoms with Gasteiger partial charge in [0.15, 0.2) is 5.78 Å². The summed E-state index contributed by atoms with van der Waals surface area (Å²) in [6, 6.07) is 1.22. The Bertz CT molecular complexity index is 364. The molecule has 4 nitrogen and oxygen atoms in total. The molecule has 4 heteroatoms. The lowest BCUT2D eigenvalue weighted by Crippen LogP contribution is -2.29. The molecule has 0 saturated carbocycles. The molecule has 1 aromatic heterocycles. The number of aromatic nitrogens is 1. The van der Waals surface area contributed by atoms with Crippen molar-refractivity contribution in [1.82, 2.24) is 4.98 Å². The molecule has 0 aromatic carbocycles. The first kappa shape index (κ1) is 12.6. The maximum absolute atomic E-state index is 11.8. The molecule has 1 aromatic rings. The van der Waals surface area contributed by atoms with Gasteiger partial charge in [0, 0.05) is 11.8 Å². The Kier molecular flexibility index (Phi) is 4.43. The highest BCUT2D eigenvalue weighted by molar-refractivity contribution is 5.99. The van der Waals surface area contributed by atoms with Crippen LogP contribution < -0.4 is 10.5 Å². The predicted molar refractivity (Wildman–Crippen MR) is 62.6 cm³/mol. The van der Waals surface area contributed by atoms with Gasteiger partial charge in [0.1, 0.15) is 5.75 Å². The summed E-state index contributed by atoms with van der Waals surface area (Å²) in [5.41, 5.74) is 6.19. The largest absolute Gasteiger partial charge is 0.489 e. The molecule has 1 unspecified atom stereocenters. The zero-order chi connectivity index (χ0) is 12.1. The predicted octanol–water partition coefficient (Wildman–Crippen LogP) is 1.79. The Morgan fingerprint density at radius 3 is 2.75 bits per heavy atom. The summed E-state index contributed by atoms with van der Waals surface area (Å²) < 4.78 is 5.46. The maximum Gasteiger partial charge on any atom is 0.181 e. The number of nitrogens with zero attached hydrogens (tertiary/aromatic N) is 1. The fourth-order valence-corrected chi connectivity index (χ4v) is 1.29. The average molecular weight is 222 g/mol. The second kappa shape index (κ2) is 5.61. The van der Waals surface area contributed by atoms with Crippen LogP contribution in [-0.2, 0) is 0 Å². The van der Waals surface area contributed by atoms with Gasteiger partial charge < -0.3 is 10.5 Å². The molecular formula is C12H18N2O2. The van der Waals surface area contributed by atoms with Crippen molar-refractivity contribution in [3.05, 3.63) is 24.0 Å². The summed E-state index contributed by atoms with van der Waals surface area (Å²) in [6.45, 7) is 5.73. The van der Waals surface area contributed by atoms with Crippen LogP contribution in [0.3, 0.4) is 0 Å². The van der Waals surface area contributed by atoms with E-state index in [4.69, 9.17) is 10.5 Å². The SMILES string of the molecule is CCC(N)C(=O)c1cncc(OC(C)C)c1. The number of pyridine rings is 1. The van der Waals surface area contributed by atoms with Crippen molar-refractivity contribution in [2.75, 3.05) is 0 Å². The van der Waals surface area contributed by atoms with Gasteiger partial charge in [-0.05, 0) is 26.3 Å². The number of carbonyl (C=O) groups excluding carboxylic acids is 1. The van der Waals surface area contributed by atoms with Crippen LogP contribution in [0.4, 0.5) is 0 Å². The van der Waals surface area contributed by atoms with Gasteiger partial charge in [0.05, 0.1) is 18.3 Å². The van der Waals surface area contributed by atoms with Crippen LogP contribution in [-0.4, -0.2) is 22.9 Å². The first-order chi connectivity index (χ1) is 7.54. The van der Waals surface area contributed by atoms with E-state index in [1.807, 2.05) is 20.8 Å². The van der Waals surface area contributed by atoms with Crippen LogP contribution in [0.25, 0.3) is 0 Å². The Hall–Kier alpha value is -1.42. The van der Waals surface area contributed by atoms with Crippen molar-refractivity contribution in [3.63, 3.8) is 0 Å². The van der Waals surface area contributed by atoms with E-state index in [1.54, 1.807) is 12.3 Å². The molecule has 0 bridgehead atoms. The van der Waals surface area contributed by atoms with Crippen molar-refractivity contribution < 1.29 is 9.53 Å². The number of ketones is 1. The van der Waals surface area contributed by atoms with Gasteiger partial charge in [-0.1, -0.05) is 6.92 Å². The van der Waals surface area contributed by atoms with E-state index < -0.39 is 6.04 Å². The van der Waals surface area contributed by atoms with Gasteiger partial charge in [0.2, 0.25) is 0 Å². The van der Waals surface area contributed by atoms with Crippen LogP contribution in [0.2, 0.25) is 0 Å². The van der Waals surface area contributed by atoms with Gasteiger partial charge in [-0.15, -0.1) is 0 Å². The number of carbonyl (C=O) groups is 1. The zero-order valence-corrected chi connectivity index (χ0v) is 9.93. The van der Waals surface area contributed by atoms with Crippen molar-refractivity contribution in [2.24, 2.45) is 5.73 Å². The van der Waals surface area contributed by atoms with Gasteiger partial charge in [0.25, 0.3) is 0 Å². The molecule has 1 heterocycles. The van der Waals surface area contributed by atoms with E-state index in [9.17, 15) is 4.79 Å². The molecule has 0 radical (unpaired) electrons. The normalized spacial score (nSPS) is 12.6. The third-order valence-electron chi connectivity index (χ3n) is 2.15. The topological polar surface area (TPSA) is 65.2 Å². The lowest BCUT2D eigenvalue weighted by Gasteiger charge is -2.11. The molecule has 16 heavy (non-hydrogen) atoms. The molecule has 2 N–H and O–H groups in total. The number of hydrogen-bond donors (Lipinski definition) is 1. The number of nitrogens with two attached hydrogens (primary N) is 1. The molecule has 0 saturated heterocycles. The lowest BCUT2D eigenvalue weighted by molar-refractivity contribution is 0.0958. The van der Waals surface area contributed by atoms with Gasteiger partial charge in [-0.25, -0.2) is 0 Å². The summed E-state index contributed by atoms with van der Waals surface area (Å²) in [7, 11) is 0. The lowest BCUT2D eigenvalue weighted by atomic mass is 10.0. The molecule has 0 spiro atoms. The highest BCUT2D eigenvalue weighted by Gasteiger charge is 2.14. The van der Waals surface area contributed by atoms with Crippen molar-refractivity contribution >= 4 is 5.78 Å². The van der Waals surface area contributed by atoms with Crippen molar-refractivity contribution in [3.8, 4) is 5.75 Å². The Labute approximate surface area is 95.8 Å². The van der Waals surface area contributed by atoms with Crippen LogP contribution >= 0.6 is 0 Å². The minimum absolute atomic E-state index is 0.0620. The molecule has 0 fully saturated rings. The van der Waals surface area contributed by atoms with Crippen LogP contribution in [0.15, 0.2) is 18.5 Å². The Morgan fingerprint density at radius 1 is 1.50 bits per heavy atom. The van der Waals surface area contributed by atoms with E-state index in [0.717, 1.165) is 0 Å². The molecule has 1 atom stereocenters. The Morgan fingerprint density at radius 2 is 2.19 bits per heavy atom. The molecule has 0 aliphatic carbocycles. The Balaban J connectivity index is 2.85. The van der Waals surface area contributed by atoms with E-state index >= 15 is 0 Å². The van der Waals surface area contributed by atoms with E-state index in [2.05, 4.69) is 4.98 Å². The summed E-state index contributed by atoms with van der Waals surface area (Å²) in [6.07, 6.45) is 3.79. The van der Waals surface area contributed by atoms with Crippen molar-refractivity contribution in [2.45, 2.75) is 39.3 Å². The highest BCUT2D eigenvalue weighted by Crippen LogP contribution is 2.14. The second-order valence-corrected chi connectivity index (χ2v) is 3.95. The summed E-state index contributed by atoms with van der Waals surface area (Å²) in [4.78, 5) is 15.8. The maximum atomic E-state index is 11.8. The highest BCUT2D eigenvalue weighted by atomic mass is 16.5. The number of rotatable bonds is 5. The quantitative estimate of drug-likeness (QED) is 0.771. The van der Waals surface area contributed by atoms with E-state index in [0.29, 0.717) is 17.7 Å². The molecule has 1 rings (SSSR count). The fraction of sp³-hybridized carbons (Fsp3) is 0.500. The molecule has 88 valence electrons. The van der Waals surface area contributed by atoms with Gasteiger partial charge in [-0.3, -0.25) is 9.78 Å². The molecular weight excluding hydrogens is 204 g/mol. The summed E-state index contributed by atoms with van der Waals surface area (Å²) in [5.74, 6) is 0.508. The standard InChI is InChI=1S/C12H18N2O2/c1-4-11(13)12(15)9-5-10(7-14-6-9)16-8(2)3/h5-8,11H,4,13H2,1-3H3. The first-order valence-electron chi connectivity index (χ1n) is 5.46. The van der Waals surface area contributed by atoms with Gasteiger partial charge in [-0.2, -0.15) is 0 Å². The third-order valence-corrected chi connectivity index (χ3v) is 2.15. The number of hydrogen-bond acceptors (Lipinski definition) is 4. The molecule has 0 amide bonds. The van der Waals surface area contributed by atoms with E-state index in [-0.39, 0.29) is 11.9 Å². The number of Topliss-reactive ketones (excluding diaryl/α,β-unsaturated/α-hetero) is 1. The minimum Gasteiger partial charge on any atom is -0.489 e. The summed E-state index contributed by atoms with van der Waals surface area (Å²) in [5, 5.41) is 0. The monoisotopic (exact) mass is 222 g/mol. The van der Waals surface area contributed by atoms with Crippen LogP contribution in [0.1, 0.15) is 37.6 Å².